The van der Waals surface area contributed by atoms with Crippen LogP contribution < -0.4 is 0 Å². The minimum atomic E-state index is -1.15. The quantitative estimate of drug-likeness (QED) is 0.509. The number of ether oxygens (including phenoxy) is 1. The van der Waals surface area contributed by atoms with E-state index in [1.54, 1.807) is 0 Å². The molecule has 1 saturated carbocycles. The van der Waals surface area contributed by atoms with Gasteiger partial charge in [0.1, 0.15) is 12.3 Å². The molecule has 46 valence electrons. The van der Waals surface area contributed by atoms with Crippen molar-refractivity contribution in [2.75, 3.05) is 6.61 Å². The van der Waals surface area contributed by atoms with Crippen molar-refractivity contribution in [2.24, 2.45) is 0 Å². The first-order valence-electron chi connectivity index (χ1n) is 2.51. The van der Waals surface area contributed by atoms with Gasteiger partial charge in [0.05, 0.1) is 0 Å². The van der Waals surface area contributed by atoms with E-state index in [-0.39, 0.29) is 13.1 Å². The summed E-state index contributed by atoms with van der Waals surface area (Å²) in [7, 11) is 0. The van der Waals surface area contributed by atoms with Gasteiger partial charge in [-0.25, -0.2) is 4.39 Å². The largest absolute Gasteiger partial charge is 0.464 e. The van der Waals surface area contributed by atoms with Gasteiger partial charge >= 0.3 is 0 Å². The molecule has 0 spiro atoms. The van der Waals surface area contributed by atoms with Gasteiger partial charge in [-0.1, -0.05) is 0 Å². The number of carbonyl (C=O) groups is 1. The van der Waals surface area contributed by atoms with Gasteiger partial charge in [0, 0.05) is 0 Å². The summed E-state index contributed by atoms with van der Waals surface area (Å²) in [5.41, 5.74) is -1.15. The Morgan fingerprint density at radius 2 is 2.38 bits per heavy atom. The summed E-state index contributed by atoms with van der Waals surface area (Å²) in [4.78, 5) is 9.49. The summed E-state index contributed by atoms with van der Waals surface area (Å²) in [6.07, 6.45) is 1.08. The molecule has 1 aliphatic rings. The van der Waals surface area contributed by atoms with Gasteiger partial charge in [-0.2, -0.15) is 0 Å². The monoisotopic (exact) mass is 118 g/mol. The third kappa shape index (κ3) is 1.18. The van der Waals surface area contributed by atoms with E-state index in [0.29, 0.717) is 12.8 Å². The van der Waals surface area contributed by atoms with E-state index >= 15 is 0 Å². The van der Waals surface area contributed by atoms with Crippen LogP contribution in [0.1, 0.15) is 12.8 Å². The lowest BCUT2D eigenvalue weighted by atomic mass is 10.4. The molecule has 0 unspecified atom stereocenters. The second kappa shape index (κ2) is 1.73. The highest BCUT2D eigenvalue weighted by molar-refractivity contribution is 5.37. The first kappa shape index (κ1) is 5.54. The van der Waals surface area contributed by atoms with Crippen LogP contribution in [-0.2, 0) is 9.53 Å². The smallest absolute Gasteiger partial charge is 0.293 e. The van der Waals surface area contributed by atoms with Crippen LogP contribution in [0.5, 0.6) is 0 Å². The molecule has 0 aromatic heterocycles. The number of hydrogen-bond donors (Lipinski definition) is 0. The summed E-state index contributed by atoms with van der Waals surface area (Å²) in [6.45, 7) is 0.218. The lowest BCUT2D eigenvalue weighted by Crippen LogP contribution is -2.09. The molecule has 0 radical (unpaired) electrons. The van der Waals surface area contributed by atoms with Crippen molar-refractivity contribution >= 4 is 6.47 Å². The van der Waals surface area contributed by atoms with E-state index < -0.39 is 5.67 Å². The molecule has 1 aliphatic carbocycles. The Bertz CT molecular complexity index is 98.6. The van der Waals surface area contributed by atoms with Crippen molar-refractivity contribution in [1.29, 1.82) is 0 Å². The fourth-order valence-corrected chi connectivity index (χ4v) is 0.463. The molecular formula is C5H7FO2. The Kier molecular flexibility index (Phi) is 1.19. The Morgan fingerprint density at radius 3 is 2.75 bits per heavy atom. The Morgan fingerprint density at radius 1 is 1.75 bits per heavy atom. The zero-order chi connectivity index (χ0) is 6.04. The lowest BCUT2D eigenvalue weighted by Gasteiger charge is -1.98. The zero-order valence-corrected chi connectivity index (χ0v) is 4.39. The third-order valence-corrected chi connectivity index (χ3v) is 1.20. The molecule has 3 heteroatoms. The second-order valence-corrected chi connectivity index (χ2v) is 2.06. The van der Waals surface area contributed by atoms with Crippen LogP contribution in [0.2, 0.25) is 0 Å². The molecule has 0 heterocycles. The zero-order valence-electron chi connectivity index (χ0n) is 4.39. The Labute approximate surface area is 46.6 Å². The molecule has 1 rings (SSSR count). The standard InChI is InChI=1S/C5H7FO2/c6-5(1-2-5)3-8-4-7/h4H,1-3H2. The van der Waals surface area contributed by atoms with Gasteiger partial charge in [-0.3, -0.25) is 4.79 Å². The normalized spacial score (nSPS) is 22.1. The molecule has 0 N–H and O–H groups in total. The van der Waals surface area contributed by atoms with Crippen molar-refractivity contribution in [3.63, 3.8) is 0 Å². The van der Waals surface area contributed by atoms with Crippen molar-refractivity contribution in [2.45, 2.75) is 18.5 Å². The number of carbonyl (C=O) groups excluding carboxylic acids is 1. The highest BCUT2D eigenvalue weighted by atomic mass is 19.1. The maximum Gasteiger partial charge on any atom is 0.293 e. The maximum atomic E-state index is 12.4. The van der Waals surface area contributed by atoms with Gasteiger partial charge in [0.15, 0.2) is 0 Å². The van der Waals surface area contributed by atoms with Crippen LogP contribution >= 0.6 is 0 Å². The molecular weight excluding hydrogens is 111 g/mol. The predicted molar refractivity (Wildman–Crippen MR) is 25.1 cm³/mol. The third-order valence-electron chi connectivity index (χ3n) is 1.20. The summed E-state index contributed by atoms with van der Waals surface area (Å²) < 4.78 is 16.6. The molecule has 2 nitrogen and oxygen atoms in total. The highest BCUT2D eigenvalue weighted by Crippen LogP contribution is 2.39. The first-order valence-corrected chi connectivity index (χ1v) is 2.51. The number of rotatable bonds is 3. The first-order chi connectivity index (χ1) is 3.77. The molecule has 0 amide bonds. The van der Waals surface area contributed by atoms with Gasteiger partial charge in [0.25, 0.3) is 6.47 Å². The average molecular weight is 118 g/mol. The molecule has 8 heavy (non-hydrogen) atoms. The van der Waals surface area contributed by atoms with Crippen LogP contribution in [-0.4, -0.2) is 18.7 Å². The SMILES string of the molecule is O=COCC1(F)CC1. The van der Waals surface area contributed by atoms with Crippen LogP contribution in [0.25, 0.3) is 0 Å². The van der Waals surface area contributed by atoms with Crippen LogP contribution in [0.4, 0.5) is 4.39 Å². The Hall–Kier alpha value is -0.600. The summed E-state index contributed by atoms with van der Waals surface area (Å²) in [6, 6.07) is 0. The fourth-order valence-electron chi connectivity index (χ4n) is 0.463. The van der Waals surface area contributed by atoms with Crippen LogP contribution in [0, 0.1) is 0 Å². The van der Waals surface area contributed by atoms with E-state index in [1.165, 1.54) is 0 Å². The van der Waals surface area contributed by atoms with Crippen LogP contribution in [0.15, 0.2) is 0 Å². The predicted octanol–water partition coefficient (Wildman–Crippen LogP) is 0.662. The topological polar surface area (TPSA) is 26.3 Å². The van der Waals surface area contributed by atoms with Crippen molar-refractivity contribution in [3.05, 3.63) is 0 Å². The van der Waals surface area contributed by atoms with Gasteiger partial charge in [-0.05, 0) is 12.8 Å². The number of hydrogen-bond acceptors (Lipinski definition) is 2. The van der Waals surface area contributed by atoms with E-state index in [1.807, 2.05) is 0 Å². The van der Waals surface area contributed by atoms with E-state index in [4.69, 9.17) is 0 Å². The van der Waals surface area contributed by atoms with Crippen molar-refractivity contribution < 1.29 is 13.9 Å². The van der Waals surface area contributed by atoms with Gasteiger partial charge in [0.2, 0.25) is 0 Å². The van der Waals surface area contributed by atoms with Gasteiger partial charge < -0.3 is 4.74 Å². The van der Waals surface area contributed by atoms with Crippen LogP contribution in [0.3, 0.4) is 0 Å². The van der Waals surface area contributed by atoms with E-state index in [9.17, 15) is 9.18 Å². The van der Waals surface area contributed by atoms with Crippen molar-refractivity contribution in [3.8, 4) is 0 Å². The van der Waals surface area contributed by atoms with Gasteiger partial charge in [-0.15, -0.1) is 0 Å². The average Bonchev–Trinajstić information content (AvgIpc) is 2.45. The molecule has 0 saturated heterocycles. The number of alkyl halides is 1. The van der Waals surface area contributed by atoms with E-state index in [2.05, 4.69) is 4.74 Å². The molecule has 0 atom stereocenters. The molecule has 1 fully saturated rings. The second-order valence-electron chi connectivity index (χ2n) is 2.06. The van der Waals surface area contributed by atoms with E-state index in [0.717, 1.165) is 0 Å². The highest BCUT2D eigenvalue weighted by Gasteiger charge is 2.43. The minimum Gasteiger partial charge on any atom is -0.464 e. The van der Waals surface area contributed by atoms with Crippen molar-refractivity contribution in [1.82, 2.24) is 0 Å². The number of halogens is 1. The fraction of sp³-hybridized carbons (Fsp3) is 0.800. The molecule has 0 bridgehead atoms. The lowest BCUT2D eigenvalue weighted by molar-refractivity contribution is -0.130. The molecule has 0 aromatic rings. The minimum absolute atomic E-state index is 0.0590. The summed E-state index contributed by atoms with van der Waals surface area (Å²) in [5, 5.41) is 0. The summed E-state index contributed by atoms with van der Waals surface area (Å²) in [5.74, 6) is 0. The molecule has 0 aliphatic heterocycles. The Balaban J connectivity index is 2.09. The summed E-state index contributed by atoms with van der Waals surface area (Å²) >= 11 is 0. The maximum absolute atomic E-state index is 12.4. The molecule has 0 aromatic carbocycles.